The first-order chi connectivity index (χ1) is 7.81. The topological polar surface area (TPSA) is 25.2 Å². The number of furan rings is 1. The van der Waals surface area contributed by atoms with Crippen molar-refractivity contribution in [3.8, 4) is 12.3 Å². The number of terminal acetylenes is 1. The van der Waals surface area contributed by atoms with Gasteiger partial charge in [-0.2, -0.15) is 0 Å². The Bertz CT molecular complexity index is 335. The molecule has 0 saturated carbocycles. The summed E-state index contributed by atoms with van der Waals surface area (Å²) >= 11 is 0. The number of rotatable bonds is 7. The molecule has 0 aromatic carbocycles. The maximum atomic E-state index is 5.76. The third-order valence-corrected chi connectivity index (χ3v) is 2.59. The van der Waals surface area contributed by atoms with Crippen LogP contribution in [0.1, 0.15) is 50.7 Å². The van der Waals surface area contributed by atoms with Gasteiger partial charge in [0.1, 0.15) is 11.5 Å². The molecule has 0 aliphatic rings. The molecule has 0 spiro atoms. The zero-order chi connectivity index (χ0) is 11.8. The molecular weight excluding hydrogens is 198 g/mol. The zero-order valence-corrected chi connectivity index (χ0v) is 10.3. The third-order valence-electron chi connectivity index (χ3n) is 2.59. The Kier molecular flexibility index (Phi) is 5.74. The van der Waals surface area contributed by atoms with Gasteiger partial charge >= 0.3 is 0 Å². The molecule has 1 atom stereocenters. The highest BCUT2D eigenvalue weighted by Crippen LogP contribution is 2.21. The second-order valence-corrected chi connectivity index (χ2v) is 3.91. The summed E-state index contributed by atoms with van der Waals surface area (Å²) in [4.78, 5) is 0. The van der Waals surface area contributed by atoms with Crippen molar-refractivity contribution < 1.29 is 4.42 Å². The molecule has 0 aliphatic carbocycles. The van der Waals surface area contributed by atoms with Crippen molar-refractivity contribution in [2.75, 3.05) is 6.54 Å². The average Bonchev–Trinajstić information content (AvgIpc) is 2.78. The van der Waals surface area contributed by atoms with Crippen molar-refractivity contribution >= 4 is 0 Å². The maximum absolute atomic E-state index is 5.76. The van der Waals surface area contributed by atoms with E-state index in [0.29, 0.717) is 0 Å². The lowest BCUT2D eigenvalue weighted by molar-refractivity contribution is 0.382. The SMILES string of the molecule is C#CCCC(NCCC)c1ccc(CC)o1. The molecule has 1 rings (SSSR count). The minimum Gasteiger partial charge on any atom is -0.464 e. The predicted octanol–water partition coefficient (Wildman–Crippen LogP) is 3.30. The molecule has 16 heavy (non-hydrogen) atoms. The highest BCUT2D eigenvalue weighted by molar-refractivity contribution is 5.11. The van der Waals surface area contributed by atoms with Crippen molar-refractivity contribution in [3.05, 3.63) is 23.7 Å². The van der Waals surface area contributed by atoms with Gasteiger partial charge in [0, 0.05) is 12.8 Å². The minimum absolute atomic E-state index is 0.260. The van der Waals surface area contributed by atoms with Gasteiger partial charge in [0.05, 0.1) is 6.04 Å². The highest BCUT2D eigenvalue weighted by atomic mass is 16.3. The van der Waals surface area contributed by atoms with Crippen LogP contribution in [0, 0.1) is 12.3 Å². The summed E-state index contributed by atoms with van der Waals surface area (Å²) in [6.07, 6.45) is 9.08. The van der Waals surface area contributed by atoms with Crippen molar-refractivity contribution in [2.45, 2.75) is 45.6 Å². The van der Waals surface area contributed by atoms with E-state index in [0.717, 1.165) is 43.7 Å². The Hall–Kier alpha value is -1.20. The monoisotopic (exact) mass is 219 g/mol. The van der Waals surface area contributed by atoms with Crippen LogP contribution in [-0.4, -0.2) is 6.54 Å². The van der Waals surface area contributed by atoms with E-state index in [-0.39, 0.29) is 6.04 Å². The molecule has 0 saturated heterocycles. The fraction of sp³-hybridized carbons (Fsp3) is 0.571. The number of aryl methyl sites for hydroxylation is 1. The molecule has 0 radical (unpaired) electrons. The lowest BCUT2D eigenvalue weighted by atomic mass is 10.1. The van der Waals surface area contributed by atoms with Gasteiger partial charge in [-0.1, -0.05) is 13.8 Å². The van der Waals surface area contributed by atoms with Crippen molar-refractivity contribution in [2.24, 2.45) is 0 Å². The van der Waals surface area contributed by atoms with Crippen molar-refractivity contribution in [3.63, 3.8) is 0 Å². The van der Waals surface area contributed by atoms with E-state index in [1.165, 1.54) is 0 Å². The molecule has 1 aromatic heterocycles. The summed E-state index contributed by atoms with van der Waals surface area (Å²) < 4.78 is 5.76. The van der Waals surface area contributed by atoms with Gasteiger partial charge in [-0.25, -0.2) is 0 Å². The Morgan fingerprint density at radius 1 is 1.44 bits per heavy atom. The van der Waals surface area contributed by atoms with E-state index in [9.17, 15) is 0 Å². The second-order valence-electron chi connectivity index (χ2n) is 3.91. The van der Waals surface area contributed by atoms with Crippen LogP contribution >= 0.6 is 0 Å². The van der Waals surface area contributed by atoms with E-state index in [1.54, 1.807) is 0 Å². The Balaban J connectivity index is 2.63. The Morgan fingerprint density at radius 2 is 2.25 bits per heavy atom. The van der Waals surface area contributed by atoms with E-state index < -0.39 is 0 Å². The normalized spacial score (nSPS) is 12.3. The van der Waals surface area contributed by atoms with E-state index >= 15 is 0 Å². The maximum Gasteiger partial charge on any atom is 0.121 e. The van der Waals surface area contributed by atoms with Crippen LogP contribution in [0.2, 0.25) is 0 Å². The molecule has 0 aliphatic heterocycles. The van der Waals surface area contributed by atoms with Crippen LogP contribution in [0.25, 0.3) is 0 Å². The quantitative estimate of drug-likeness (QED) is 0.712. The van der Waals surface area contributed by atoms with Crippen LogP contribution in [0.4, 0.5) is 0 Å². The van der Waals surface area contributed by atoms with Gasteiger partial charge in [-0.3, -0.25) is 0 Å². The average molecular weight is 219 g/mol. The van der Waals surface area contributed by atoms with Gasteiger partial charge < -0.3 is 9.73 Å². The van der Waals surface area contributed by atoms with Crippen LogP contribution in [0.5, 0.6) is 0 Å². The van der Waals surface area contributed by atoms with Gasteiger partial charge in [0.25, 0.3) is 0 Å². The van der Waals surface area contributed by atoms with Gasteiger partial charge in [-0.05, 0) is 31.5 Å². The number of nitrogens with one attached hydrogen (secondary N) is 1. The summed E-state index contributed by atoms with van der Waals surface area (Å²) in [5.74, 6) is 4.74. The van der Waals surface area contributed by atoms with Crippen LogP contribution in [0.15, 0.2) is 16.5 Å². The van der Waals surface area contributed by atoms with Crippen molar-refractivity contribution in [1.29, 1.82) is 0 Å². The highest BCUT2D eigenvalue weighted by Gasteiger charge is 2.13. The van der Waals surface area contributed by atoms with E-state index in [4.69, 9.17) is 10.8 Å². The molecule has 1 unspecified atom stereocenters. The van der Waals surface area contributed by atoms with Gasteiger partial charge in [0.2, 0.25) is 0 Å². The third kappa shape index (κ3) is 3.75. The van der Waals surface area contributed by atoms with Crippen LogP contribution in [0.3, 0.4) is 0 Å². The number of hydrogen-bond donors (Lipinski definition) is 1. The first-order valence-electron chi connectivity index (χ1n) is 6.07. The first-order valence-corrected chi connectivity index (χ1v) is 6.07. The molecule has 0 fully saturated rings. The molecule has 88 valence electrons. The summed E-state index contributed by atoms with van der Waals surface area (Å²) in [5.41, 5.74) is 0. The molecular formula is C14H21NO. The summed E-state index contributed by atoms with van der Waals surface area (Å²) in [7, 11) is 0. The van der Waals surface area contributed by atoms with Crippen molar-refractivity contribution in [1.82, 2.24) is 5.32 Å². The van der Waals surface area contributed by atoms with Gasteiger partial charge in [0.15, 0.2) is 0 Å². The second kappa shape index (κ2) is 7.14. The molecule has 1 aromatic rings. The summed E-state index contributed by atoms with van der Waals surface area (Å²) in [6, 6.07) is 4.37. The first kappa shape index (κ1) is 12.9. The predicted molar refractivity (Wildman–Crippen MR) is 67.2 cm³/mol. The lowest BCUT2D eigenvalue weighted by Gasteiger charge is -2.14. The minimum atomic E-state index is 0.260. The molecule has 1 heterocycles. The zero-order valence-electron chi connectivity index (χ0n) is 10.3. The molecule has 1 N–H and O–H groups in total. The van der Waals surface area contributed by atoms with E-state index in [1.807, 2.05) is 6.07 Å². The smallest absolute Gasteiger partial charge is 0.121 e. The fourth-order valence-electron chi connectivity index (χ4n) is 1.66. The summed E-state index contributed by atoms with van der Waals surface area (Å²) in [6.45, 7) is 5.25. The number of hydrogen-bond acceptors (Lipinski definition) is 2. The molecule has 2 nitrogen and oxygen atoms in total. The summed E-state index contributed by atoms with van der Waals surface area (Å²) in [5, 5.41) is 3.47. The lowest BCUT2D eigenvalue weighted by Crippen LogP contribution is -2.21. The van der Waals surface area contributed by atoms with Crippen LogP contribution in [-0.2, 0) is 6.42 Å². The molecule has 0 bridgehead atoms. The fourth-order valence-corrected chi connectivity index (χ4v) is 1.66. The van der Waals surface area contributed by atoms with E-state index in [2.05, 4.69) is 31.2 Å². The van der Waals surface area contributed by atoms with Crippen LogP contribution < -0.4 is 5.32 Å². The Labute approximate surface area is 98.4 Å². The largest absolute Gasteiger partial charge is 0.464 e. The standard InChI is InChI=1S/C14H21NO/c1-4-7-8-13(15-11-5-2)14-10-9-12(6-3)16-14/h1,9-10,13,15H,5-8,11H2,2-3H3. The Morgan fingerprint density at radius 3 is 2.81 bits per heavy atom. The molecule has 0 amide bonds. The molecule has 2 heteroatoms. The van der Waals surface area contributed by atoms with Gasteiger partial charge in [-0.15, -0.1) is 12.3 Å².